The monoisotopic (exact) mass is 298 g/mol. The maximum atomic E-state index is 12.1. The van der Waals surface area contributed by atoms with Crippen LogP contribution in [0.2, 0.25) is 0 Å². The Morgan fingerprint density at radius 2 is 2.05 bits per heavy atom. The van der Waals surface area contributed by atoms with Crippen LogP contribution in [-0.4, -0.2) is 10.9 Å². The van der Waals surface area contributed by atoms with Crippen molar-refractivity contribution in [2.45, 2.75) is 58.3 Å². The molecule has 0 amide bonds. The van der Waals surface area contributed by atoms with Gasteiger partial charge in [-0.3, -0.25) is 4.79 Å². The number of fused-ring (bicyclic) bond motifs is 5. The molecule has 0 saturated heterocycles. The van der Waals surface area contributed by atoms with E-state index in [1.807, 2.05) is 12.1 Å². The molecule has 2 saturated carbocycles. The molecule has 3 aliphatic carbocycles. The first-order chi connectivity index (χ1) is 10.5. The minimum atomic E-state index is 0.238. The summed E-state index contributed by atoms with van der Waals surface area (Å²) in [5.41, 5.74) is 3.06. The summed E-state index contributed by atoms with van der Waals surface area (Å²) < 4.78 is 0. The Morgan fingerprint density at radius 3 is 2.82 bits per heavy atom. The highest BCUT2D eigenvalue weighted by Crippen LogP contribution is 2.63. The first-order valence-electron chi connectivity index (χ1n) is 8.83. The van der Waals surface area contributed by atoms with Gasteiger partial charge in [0, 0.05) is 5.92 Å². The number of phenolic OH excluding ortho intramolecular Hbond substituents is 1. The number of carbonyl (C=O) groups is 1. The summed E-state index contributed by atoms with van der Waals surface area (Å²) in [6, 6.07) is 5.97. The van der Waals surface area contributed by atoms with Gasteiger partial charge in [-0.25, -0.2) is 0 Å². The number of benzene rings is 1. The van der Waals surface area contributed by atoms with E-state index in [1.165, 1.54) is 36.8 Å². The second-order valence-corrected chi connectivity index (χ2v) is 8.08. The molecule has 1 N–H and O–H groups in total. The Balaban J connectivity index is 1.69. The molecule has 3 aliphatic rings. The summed E-state index contributed by atoms with van der Waals surface area (Å²) in [4.78, 5) is 12.1. The van der Waals surface area contributed by atoms with E-state index in [4.69, 9.17) is 0 Å². The molecule has 4 rings (SSSR count). The lowest BCUT2D eigenvalue weighted by Gasteiger charge is -2.50. The van der Waals surface area contributed by atoms with Crippen LogP contribution in [0, 0.1) is 23.2 Å². The van der Waals surface area contributed by atoms with Gasteiger partial charge in [0.15, 0.2) is 0 Å². The molecule has 0 aliphatic heterocycles. The van der Waals surface area contributed by atoms with Crippen molar-refractivity contribution >= 4 is 5.78 Å². The van der Waals surface area contributed by atoms with Gasteiger partial charge < -0.3 is 5.11 Å². The molecule has 0 spiro atoms. The summed E-state index contributed by atoms with van der Waals surface area (Å²) in [6.07, 6.45) is 7.04. The predicted molar refractivity (Wildman–Crippen MR) is 86.9 cm³/mol. The van der Waals surface area contributed by atoms with E-state index < -0.39 is 0 Å². The highest BCUT2D eigenvalue weighted by Gasteiger charge is 2.55. The number of rotatable bonds is 1. The van der Waals surface area contributed by atoms with E-state index >= 15 is 0 Å². The van der Waals surface area contributed by atoms with E-state index in [-0.39, 0.29) is 5.41 Å². The van der Waals surface area contributed by atoms with Crippen molar-refractivity contribution in [3.8, 4) is 5.75 Å². The standard InChI is InChI=1S/C20H26O2/c1-12(21)18-7-8-19-17-5-3-13-11-14(22)4-6-15(13)16(17)9-10-20(18,19)2/h4,6,11,16-19,22H,3,5,7-10H2,1-2H3/t16-,17-,18+,19+,20+/m0/s1. The molecular weight excluding hydrogens is 272 g/mol. The minimum absolute atomic E-state index is 0.238. The van der Waals surface area contributed by atoms with Gasteiger partial charge >= 0.3 is 0 Å². The van der Waals surface area contributed by atoms with E-state index in [0.29, 0.717) is 29.3 Å². The van der Waals surface area contributed by atoms with Crippen LogP contribution in [0.4, 0.5) is 0 Å². The SMILES string of the molecule is CC(=O)[C@H]1CC[C@@H]2[C@H]3CCc4cc(O)ccc4[C@@H]3CC[C@]12C. The quantitative estimate of drug-likeness (QED) is 0.831. The van der Waals surface area contributed by atoms with Gasteiger partial charge in [0.2, 0.25) is 0 Å². The summed E-state index contributed by atoms with van der Waals surface area (Å²) in [6.45, 7) is 4.18. The Hall–Kier alpha value is -1.31. The fourth-order valence-corrected chi connectivity index (χ4v) is 6.24. The molecule has 118 valence electrons. The van der Waals surface area contributed by atoms with Crippen molar-refractivity contribution in [2.24, 2.45) is 23.2 Å². The number of Topliss-reactive ketones (excluding diaryl/α,β-unsaturated/α-hetero) is 1. The van der Waals surface area contributed by atoms with E-state index in [2.05, 4.69) is 13.0 Å². The zero-order valence-electron chi connectivity index (χ0n) is 13.6. The number of hydrogen-bond acceptors (Lipinski definition) is 2. The third kappa shape index (κ3) is 1.89. The molecule has 0 bridgehead atoms. The van der Waals surface area contributed by atoms with Crippen molar-refractivity contribution in [1.82, 2.24) is 0 Å². The van der Waals surface area contributed by atoms with E-state index in [9.17, 15) is 9.90 Å². The Bertz CT molecular complexity index is 620. The van der Waals surface area contributed by atoms with Gasteiger partial charge in [-0.1, -0.05) is 13.0 Å². The van der Waals surface area contributed by atoms with Gasteiger partial charge in [0.1, 0.15) is 11.5 Å². The van der Waals surface area contributed by atoms with Crippen LogP contribution in [0.25, 0.3) is 0 Å². The molecule has 0 unspecified atom stereocenters. The van der Waals surface area contributed by atoms with E-state index in [0.717, 1.165) is 18.8 Å². The number of hydrogen-bond donors (Lipinski definition) is 1. The summed E-state index contributed by atoms with van der Waals surface area (Å²) in [7, 11) is 0. The second-order valence-electron chi connectivity index (χ2n) is 8.08. The molecule has 1 aromatic rings. The third-order valence-corrected chi connectivity index (χ3v) is 7.20. The Morgan fingerprint density at radius 1 is 1.23 bits per heavy atom. The number of aromatic hydroxyl groups is 1. The lowest BCUT2D eigenvalue weighted by atomic mass is 9.54. The number of phenols is 1. The van der Waals surface area contributed by atoms with Crippen molar-refractivity contribution in [1.29, 1.82) is 0 Å². The Kier molecular flexibility index (Phi) is 3.15. The first kappa shape index (κ1) is 14.3. The summed E-state index contributed by atoms with van der Waals surface area (Å²) >= 11 is 0. The van der Waals surface area contributed by atoms with Crippen molar-refractivity contribution in [3.05, 3.63) is 29.3 Å². The van der Waals surface area contributed by atoms with Crippen molar-refractivity contribution in [3.63, 3.8) is 0 Å². The molecular formula is C20H26O2. The molecule has 2 heteroatoms. The molecule has 0 radical (unpaired) electrons. The largest absolute Gasteiger partial charge is 0.508 e. The summed E-state index contributed by atoms with van der Waals surface area (Å²) in [5, 5.41) is 9.73. The lowest BCUT2D eigenvalue weighted by molar-refractivity contribution is -0.125. The maximum Gasteiger partial charge on any atom is 0.133 e. The molecule has 5 atom stereocenters. The first-order valence-corrected chi connectivity index (χ1v) is 8.83. The van der Waals surface area contributed by atoms with Crippen LogP contribution in [0.15, 0.2) is 18.2 Å². The van der Waals surface area contributed by atoms with Gasteiger partial charge in [0.25, 0.3) is 0 Å². The zero-order valence-corrected chi connectivity index (χ0v) is 13.6. The molecule has 22 heavy (non-hydrogen) atoms. The predicted octanol–water partition coefficient (Wildman–Crippen LogP) is 4.45. The topological polar surface area (TPSA) is 37.3 Å². The van der Waals surface area contributed by atoms with Crippen molar-refractivity contribution in [2.75, 3.05) is 0 Å². The average Bonchev–Trinajstić information content (AvgIpc) is 2.84. The normalized spacial score (nSPS) is 39.7. The van der Waals surface area contributed by atoms with Crippen LogP contribution in [0.1, 0.15) is 63.0 Å². The Labute approximate surface area is 132 Å². The van der Waals surface area contributed by atoms with Gasteiger partial charge in [0.05, 0.1) is 0 Å². The second kappa shape index (κ2) is 4.84. The fraction of sp³-hybridized carbons (Fsp3) is 0.650. The number of aryl methyl sites for hydroxylation is 1. The highest BCUT2D eigenvalue weighted by molar-refractivity contribution is 5.79. The van der Waals surface area contributed by atoms with Crippen LogP contribution < -0.4 is 0 Å². The minimum Gasteiger partial charge on any atom is -0.508 e. The van der Waals surface area contributed by atoms with E-state index in [1.54, 1.807) is 6.92 Å². The molecule has 2 nitrogen and oxygen atoms in total. The molecule has 0 aromatic heterocycles. The maximum absolute atomic E-state index is 12.1. The number of carbonyl (C=O) groups excluding carboxylic acids is 1. The van der Waals surface area contributed by atoms with Gasteiger partial charge in [-0.15, -0.1) is 0 Å². The number of ketones is 1. The van der Waals surface area contributed by atoms with Crippen LogP contribution in [0.3, 0.4) is 0 Å². The third-order valence-electron chi connectivity index (χ3n) is 7.20. The van der Waals surface area contributed by atoms with Gasteiger partial charge in [-0.05, 0) is 91.9 Å². The van der Waals surface area contributed by atoms with Crippen LogP contribution >= 0.6 is 0 Å². The molecule has 0 heterocycles. The molecule has 2 fully saturated rings. The lowest BCUT2D eigenvalue weighted by Crippen LogP contribution is -2.43. The van der Waals surface area contributed by atoms with Crippen LogP contribution in [-0.2, 0) is 11.2 Å². The smallest absolute Gasteiger partial charge is 0.133 e. The average molecular weight is 298 g/mol. The fourth-order valence-electron chi connectivity index (χ4n) is 6.24. The summed E-state index contributed by atoms with van der Waals surface area (Å²) in [5.74, 6) is 3.19. The zero-order chi connectivity index (χ0) is 15.5. The van der Waals surface area contributed by atoms with Crippen LogP contribution in [0.5, 0.6) is 5.75 Å². The highest BCUT2D eigenvalue weighted by atomic mass is 16.3. The molecule has 1 aromatic carbocycles. The van der Waals surface area contributed by atoms with Crippen molar-refractivity contribution < 1.29 is 9.90 Å². The van der Waals surface area contributed by atoms with Gasteiger partial charge in [-0.2, -0.15) is 0 Å².